The van der Waals surface area contributed by atoms with Gasteiger partial charge in [-0.25, -0.2) is 14.2 Å². The maximum atomic E-state index is 13.7. The fourth-order valence-corrected chi connectivity index (χ4v) is 2.85. The van der Waals surface area contributed by atoms with Crippen LogP contribution in [0.3, 0.4) is 0 Å². The standard InChI is InChI=1S/C20H19FN2O4/c1-4-23-17-7-6-14(10-16(17)22-12(2)19(23)24)20(25)27-11-13-5-8-18(26-3)15(21)9-13/h5-10H,4,11H2,1-3H3. The van der Waals surface area contributed by atoms with E-state index in [2.05, 4.69) is 4.98 Å². The Morgan fingerprint density at radius 1 is 1.22 bits per heavy atom. The molecule has 0 aliphatic heterocycles. The summed E-state index contributed by atoms with van der Waals surface area (Å²) in [6, 6.07) is 9.21. The van der Waals surface area contributed by atoms with Crippen LogP contribution in [0.25, 0.3) is 11.0 Å². The third-order valence-electron chi connectivity index (χ3n) is 4.25. The van der Waals surface area contributed by atoms with Gasteiger partial charge in [-0.2, -0.15) is 0 Å². The summed E-state index contributed by atoms with van der Waals surface area (Å²) in [7, 11) is 1.38. The lowest BCUT2D eigenvalue weighted by atomic mass is 10.2. The number of aryl methyl sites for hydroxylation is 2. The molecule has 0 saturated carbocycles. The highest BCUT2D eigenvalue weighted by atomic mass is 19.1. The van der Waals surface area contributed by atoms with E-state index in [-0.39, 0.29) is 17.9 Å². The SMILES string of the molecule is CCn1c(=O)c(C)nc2cc(C(=O)OCc3ccc(OC)c(F)c3)ccc21. The number of carbonyl (C=O) groups is 1. The molecule has 0 radical (unpaired) electrons. The van der Waals surface area contributed by atoms with Gasteiger partial charge in [-0.15, -0.1) is 0 Å². The number of ether oxygens (including phenoxy) is 2. The molecule has 1 aromatic heterocycles. The van der Waals surface area contributed by atoms with Crippen molar-refractivity contribution in [2.24, 2.45) is 0 Å². The van der Waals surface area contributed by atoms with Gasteiger partial charge >= 0.3 is 5.97 Å². The first-order valence-corrected chi connectivity index (χ1v) is 8.45. The van der Waals surface area contributed by atoms with Crippen molar-refractivity contribution in [2.45, 2.75) is 27.0 Å². The molecule has 3 rings (SSSR count). The number of hydrogen-bond donors (Lipinski definition) is 0. The van der Waals surface area contributed by atoms with Crippen LogP contribution in [-0.4, -0.2) is 22.6 Å². The average molecular weight is 370 g/mol. The van der Waals surface area contributed by atoms with E-state index in [0.29, 0.717) is 34.4 Å². The summed E-state index contributed by atoms with van der Waals surface area (Å²) in [5.41, 5.74) is 2.23. The maximum Gasteiger partial charge on any atom is 0.338 e. The minimum absolute atomic E-state index is 0.0707. The van der Waals surface area contributed by atoms with Crippen molar-refractivity contribution in [3.8, 4) is 5.75 Å². The number of nitrogens with zero attached hydrogens (tertiary/aromatic N) is 2. The van der Waals surface area contributed by atoms with Crippen molar-refractivity contribution in [3.05, 3.63) is 69.4 Å². The molecule has 27 heavy (non-hydrogen) atoms. The van der Waals surface area contributed by atoms with Crippen LogP contribution in [0.2, 0.25) is 0 Å². The third kappa shape index (κ3) is 3.67. The Labute approximate surface area is 155 Å². The first kappa shape index (κ1) is 18.6. The van der Waals surface area contributed by atoms with Crippen molar-refractivity contribution in [3.63, 3.8) is 0 Å². The van der Waals surface area contributed by atoms with Gasteiger partial charge in [0.15, 0.2) is 11.6 Å². The number of aromatic nitrogens is 2. The molecule has 7 heteroatoms. The molecule has 0 atom stereocenters. The average Bonchev–Trinajstić information content (AvgIpc) is 2.67. The molecule has 0 fully saturated rings. The number of benzene rings is 2. The van der Waals surface area contributed by atoms with Crippen LogP contribution in [0.1, 0.15) is 28.5 Å². The van der Waals surface area contributed by atoms with E-state index >= 15 is 0 Å². The smallest absolute Gasteiger partial charge is 0.338 e. The monoisotopic (exact) mass is 370 g/mol. The van der Waals surface area contributed by atoms with Gasteiger partial charge in [-0.3, -0.25) is 4.79 Å². The highest BCUT2D eigenvalue weighted by Gasteiger charge is 2.13. The normalized spacial score (nSPS) is 10.8. The molecular formula is C20H19FN2O4. The summed E-state index contributed by atoms with van der Waals surface area (Å²) < 4.78 is 25.4. The molecule has 2 aromatic carbocycles. The zero-order chi connectivity index (χ0) is 19.6. The Hall–Kier alpha value is -3.22. The molecule has 0 saturated heterocycles. The summed E-state index contributed by atoms with van der Waals surface area (Å²) in [6.07, 6.45) is 0. The Bertz CT molecular complexity index is 1080. The molecule has 6 nitrogen and oxygen atoms in total. The van der Waals surface area contributed by atoms with Gasteiger partial charge < -0.3 is 14.0 Å². The Morgan fingerprint density at radius 3 is 2.67 bits per heavy atom. The van der Waals surface area contributed by atoms with Crippen molar-refractivity contribution in [2.75, 3.05) is 7.11 Å². The number of hydrogen-bond acceptors (Lipinski definition) is 5. The topological polar surface area (TPSA) is 70.4 Å². The molecule has 3 aromatic rings. The van der Waals surface area contributed by atoms with E-state index in [1.54, 1.807) is 35.8 Å². The summed E-state index contributed by atoms with van der Waals surface area (Å²) >= 11 is 0. The molecule has 0 spiro atoms. The summed E-state index contributed by atoms with van der Waals surface area (Å²) in [5.74, 6) is -0.946. The third-order valence-corrected chi connectivity index (χ3v) is 4.25. The van der Waals surface area contributed by atoms with Crippen molar-refractivity contribution in [1.82, 2.24) is 9.55 Å². The molecule has 0 bridgehead atoms. The van der Waals surface area contributed by atoms with Gasteiger partial charge in [-0.05, 0) is 49.7 Å². The minimum atomic E-state index is -0.554. The van der Waals surface area contributed by atoms with Crippen LogP contribution in [0.15, 0.2) is 41.2 Å². The van der Waals surface area contributed by atoms with Gasteiger partial charge in [0.1, 0.15) is 12.3 Å². The molecule has 0 aliphatic carbocycles. The molecule has 0 unspecified atom stereocenters. The maximum absolute atomic E-state index is 13.7. The number of halogens is 1. The molecule has 0 N–H and O–H groups in total. The van der Waals surface area contributed by atoms with Gasteiger partial charge in [0.25, 0.3) is 5.56 Å². The van der Waals surface area contributed by atoms with E-state index in [9.17, 15) is 14.0 Å². The molecule has 1 heterocycles. The van der Waals surface area contributed by atoms with Gasteiger partial charge in [0, 0.05) is 6.54 Å². The van der Waals surface area contributed by atoms with Crippen molar-refractivity contribution in [1.29, 1.82) is 0 Å². The first-order valence-electron chi connectivity index (χ1n) is 8.45. The van der Waals surface area contributed by atoms with Gasteiger partial charge in [0.2, 0.25) is 0 Å². The van der Waals surface area contributed by atoms with Crippen LogP contribution < -0.4 is 10.3 Å². The quantitative estimate of drug-likeness (QED) is 0.645. The zero-order valence-electron chi connectivity index (χ0n) is 15.3. The summed E-state index contributed by atoms with van der Waals surface area (Å²) in [4.78, 5) is 28.7. The van der Waals surface area contributed by atoms with Gasteiger partial charge in [0.05, 0.1) is 23.7 Å². The van der Waals surface area contributed by atoms with E-state index in [1.807, 2.05) is 6.92 Å². The second-order valence-electron chi connectivity index (χ2n) is 6.00. The minimum Gasteiger partial charge on any atom is -0.494 e. The lowest BCUT2D eigenvalue weighted by molar-refractivity contribution is 0.0472. The Kier molecular flexibility index (Phi) is 5.21. The molecule has 0 aliphatic rings. The second kappa shape index (κ2) is 7.57. The number of rotatable bonds is 5. The predicted molar refractivity (Wildman–Crippen MR) is 98.5 cm³/mol. The second-order valence-corrected chi connectivity index (χ2v) is 6.00. The van der Waals surface area contributed by atoms with E-state index < -0.39 is 11.8 Å². The van der Waals surface area contributed by atoms with Crippen LogP contribution in [0.4, 0.5) is 4.39 Å². The number of methoxy groups -OCH3 is 1. The number of fused-ring (bicyclic) bond motifs is 1. The molecular weight excluding hydrogens is 351 g/mol. The lowest BCUT2D eigenvalue weighted by Crippen LogP contribution is -2.23. The van der Waals surface area contributed by atoms with Crippen LogP contribution in [0.5, 0.6) is 5.75 Å². The van der Waals surface area contributed by atoms with Crippen molar-refractivity contribution >= 4 is 17.0 Å². The predicted octanol–water partition coefficient (Wildman–Crippen LogP) is 3.23. The van der Waals surface area contributed by atoms with E-state index in [1.165, 1.54) is 19.2 Å². The Morgan fingerprint density at radius 2 is 2.00 bits per heavy atom. The first-order chi connectivity index (χ1) is 12.9. The number of carbonyl (C=O) groups excluding carboxylic acids is 1. The largest absolute Gasteiger partial charge is 0.494 e. The highest BCUT2D eigenvalue weighted by Crippen LogP contribution is 2.19. The van der Waals surface area contributed by atoms with Crippen LogP contribution in [-0.2, 0) is 17.9 Å². The lowest BCUT2D eigenvalue weighted by Gasteiger charge is -2.10. The number of esters is 1. The fourth-order valence-electron chi connectivity index (χ4n) is 2.85. The van der Waals surface area contributed by atoms with Gasteiger partial charge in [-0.1, -0.05) is 6.07 Å². The summed E-state index contributed by atoms with van der Waals surface area (Å²) in [6.45, 7) is 3.94. The fraction of sp³-hybridized carbons (Fsp3) is 0.250. The van der Waals surface area contributed by atoms with E-state index in [0.717, 1.165) is 0 Å². The zero-order valence-corrected chi connectivity index (χ0v) is 15.3. The van der Waals surface area contributed by atoms with E-state index in [4.69, 9.17) is 9.47 Å². The Balaban J connectivity index is 1.82. The summed E-state index contributed by atoms with van der Waals surface area (Å²) in [5, 5.41) is 0. The molecule has 0 amide bonds. The molecule has 140 valence electrons. The van der Waals surface area contributed by atoms with Crippen LogP contribution >= 0.6 is 0 Å². The highest BCUT2D eigenvalue weighted by molar-refractivity contribution is 5.93. The van der Waals surface area contributed by atoms with Crippen LogP contribution in [0, 0.1) is 12.7 Å². The van der Waals surface area contributed by atoms with Crippen molar-refractivity contribution < 1.29 is 18.7 Å².